The summed E-state index contributed by atoms with van der Waals surface area (Å²) in [5.74, 6) is 0.00166. The Morgan fingerprint density at radius 2 is 1.39 bits per heavy atom. The monoisotopic (exact) mass is 579 g/mol. The molecule has 2 atom stereocenters. The highest BCUT2D eigenvalue weighted by Crippen LogP contribution is 2.41. The summed E-state index contributed by atoms with van der Waals surface area (Å²) in [7, 11) is 1.39. The molecule has 5 aromatic rings. The second-order valence-corrected chi connectivity index (χ2v) is 11.6. The average Bonchev–Trinajstić information content (AvgIpc) is 3.08. The Labute approximate surface area is 259 Å². The lowest BCUT2D eigenvalue weighted by Gasteiger charge is -2.42. The number of hydrogen-bond donors (Lipinski definition) is 0. The number of aryl methyl sites for hydroxylation is 1. The smallest absolute Gasteiger partial charge is 0.338 e. The molecule has 1 aliphatic rings. The van der Waals surface area contributed by atoms with Crippen LogP contribution < -0.4 is 0 Å². The first kappa shape index (κ1) is 29.1. The van der Waals surface area contributed by atoms with Crippen molar-refractivity contribution in [2.75, 3.05) is 7.11 Å². The molecular formula is C40H37NO3. The van der Waals surface area contributed by atoms with E-state index in [9.17, 15) is 9.59 Å². The Hall–Kier alpha value is -4.96. The molecule has 0 saturated carbocycles. The van der Waals surface area contributed by atoms with Crippen LogP contribution in [-0.4, -0.2) is 23.9 Å². The molecule has 0 N–H and O–H groups in total. The molecule has 4 heteroatoms. The first-order chi connectivity index (χ1) is 21.6. The van der Waals surface area contributed by atoms with Crippen LogP contribution >= 0.6 is 0 Å². The van der Waals surface area contributed by atoms with E-state index in [0.29, 0.717) is 18.0 Å². The van der Waals surface area contributed by atoms with Crippen LogP contribution in [-0.2, 0) is 35.3 Å². The standard InChI is InChI=1S/C40H37NO3/c1-44-40(43)37-22-11-10-20-35(37)33-19-12-17-31(26-33)27-38(42)41(28-30-15-6-3-7-16-30)39-34(25-29-13-4-2-5-14-29)24-23-32-18-8-9-21-36(32)39/h2-22,26,34,39H,23-25,27-28H2,1H3. The number of methoxy groups -OCH3 is 1. The average molecular weight is 580 g/mol. The van der Waals surface area contributed by atoms with Gasteiger partial charge in [0, 0.05) is 6.54 Å². The lowest BCUT2D eigenvalue weighted by molar-refractivity contribution is -0.135. The number of nitrogens with zero attached hydrogens (tertiary/aromatic N) is 1. The third-order valence-electron chi connectivity index (χ3n) is 8.72. The summed E-state index contributed by atoms with van der Waals surface area (Å²) in [5.41, 5.74) is 8.09. The molecule has 6 rings (SSSR count). The molecule has 0 saturated heterocycles. The molecule has 220 valence electrons. The minimum absolute atomic E-state index is 0.0453. The van der Waals surface area contributed by atoms with Crippen LogP contribution in [0.2, 0.25) is 0 Å². The number of amides is 1. The van der Waals surface area contributed by atoms with Crippen molar-refractivity contribution < 1.29 is 14.3 Å². The first-order valence-electron chi connectivity index (χ1n) is 15.3. The molecule has 0 heterocycles. The lowest BCUT2D eigenvalue weighted by Crippen LogP contribution is -2.41. The van der Waals surface area contributed by atoms with Crippen LogP contribution in [0.5, 0.6) is 0 Å². The van der Waals surface area contributed by atoms with Crippen LogP contribution in [0.25, 0.3) is 11.1 Å². The van der Waals surface area contributed by atoms with Gasteiger partial charge in [-0.2, -0.15) is 0 Å². The minimum atomic E-state index is -0.378. The molecule has 2 unspecified atom stereocenters. The minimum Gasteiger partial charge on any atom is -0.465 e. The second-order valence-electron chi connectivity index (χ2n) is 11.6. The molecule has 0 aliphatic heterocycles. The number of carbonyl (C=O) groups is 2. The van der Waals surface area contributed by atoms with Crippen LogP contribution in [0.1, 0.15) is 50.6 Å². The molecule has 44 heavy (non-hydrogen) atoms. The molecule has 1 amide bonds. The highest BCUT2D eigenvalue weighted by Gasteiger charge is 2.36. The van der Waals surface area contributed by atoms with Gasteiger partial charge in [-0.15, -0.1) is 0 Å². The maximum atomic E-state index is 14.5. The number of benzene rings is 5. The maximum Gasteiger partial charge on any atom is 0.338 e. The quantitative estimate of drug-likeness (QED) is 0.165. The topological polar surface area (TPSA) is 46.6 Å². The van der Waals surface area contributed by atoms with Crippen molar-refractivity contribution in [3.63, 3.8) is 0 Å². The van der Waals surface area contributed by atoms with Crippen LogP contribution in [0.4, 0.5) is 0 Å². The molecule has 5 aromatic carbocycles. The van der Waals surface area contributed by atoms with Crippen LogP contribution in [0.15, 0.2) is 133 Å². The predicted molar refractivity (Wildman–Crippen MR) is 175 cm³/mol. The van der Waals surface area contributed by atoms with Gasteiger partial charge in [0.2, 0.25) is 5.91 Å². The molecule has 0 bridgehead atoms. The summed E-state index contributed by atoms with van der Waals surface area (Å²) in [4.78, 5) is 29.2. The number of esters is 1. The number of carbonyl (C=O) groups excluding carboxylic acids is 2. The van der Waals surface area contributed by atoms with Crippen molar-refractivity contribution >= 4 is 11.9 Å². The van der Waals surface area contributed by atoms with E-state index in [1.807, 2.05) is 60.7 Å². The van der Waals surface area contributed by atoms with Gasteiger partial charge < -0.3 is 9.64 Å². The van der Waals surface area contributed by atoms with Gasteiger partial charge in [-0.1, -0.05) is 127 Å². The Kier molecular flexibility index (Phi) is 8.98. The Balaban J connectivity index is 1.37. The van der Waals surface area contributed by atoms with Crippen molar-refractivity contribution in [2.45, 2.75) is 38.3 Å². The fourth-order valence-corrected chi connectivity index (χ4v) is 6.63. The summed E-state index contributed by atoms with van der Waals surface area (Å²) in [6.45, 7) is 0.537. The molecular weight excluding hydrogens is 542 g/mol. The van der Waals surface area contributed by atoms with Gasteiger partial charge in [-0.05, 0) is 70.2 Å². The van der Waals surface area contributed by atoms with Crippen molar-refractivity contribution in [3.8, 4) is 11.1 Å². The number of hydrogen-bond acceptors (Lipinski definition) is 3. The summed E-state index contributed by atoms with van der Waals surface area (Å²) in [6.07, 6.45) is 3.21. The molecule has 4 nitrogen and oxygen atoms in total. The van der Waals surface area contributed by atoms with E-state index < -0.39 is 0 Å². The molecule has 0 radical (unpaired) electrons. The van der Waals surface area contributed by atoms with E-state index in [2.05, 4.69) is 71.6 Å². The van der Waals surface area contributed by atoms with Crippen molar-refractivity contribution in [1.29, 1.82) is 0 Å². The second kappa shape index (κ2) is 13.6. The van der Waals surface area contributed by atoms with Crippen molar-refractivity contribution in [2.24, 2.45) is 5.92 Å². The number of ether oxygens (including phenoxy) is 1. The predicted octanol–water partition coefficient (Wildman–Crippen LogP) is 8.26. The number of rotatable bonds is 9. The van der Waals surface area contributed by atoms with E-state index >= 15 is 0 Å². The summed E-state index contributed by atoms with van der Waals surface area (Å²) in [5, 5.41) is 0. The Morgan fingerprint density at radius 1 is 0.727 bits per heavy atom. The zero-order valence-electron chi connectivity index (χ0n) is 25.1. The van der Waals surface area contributed by atoms with Gasteiger partial charge in [-0.25, -0.2) is 4.79 Å². The fourth-order valence-electron chi connectivity index (χ4n) is 6.63. The highest BCUT2D eigenvalue weighted by atomic mass is 16.5. The van der Waals surface area contributed by atoms with E-state index in [0.717, 1.165) is 41.5 Å². The molecule has 1 aliphatic carbocycles. The zero-order valence-corrected chi connectivity index (χ0v) is 25.1. The Bertz CT molecular complexity index is 1730. The summed E-state index contributed by atoms with van der Waals surface area (Å²) in [6, 6.07) is 44.9. The van der Waals surface area contributed by atoms with Crippen LogP contribution in [0, 0.1) is 5.92 Å². The molecule has 0 spiro atoms. The number of fused-ring (bicyclic) bond motifs is 1. The van der Waals surface area contributed by atoms with Crippen LogP contribution in [0.3, 0.4) is 0 Å². The van der Waals surface area contributed by atoms with Crippen molar-refractivity contribution in [3.05, 3.63) is 167 Å². The third kappa shape index (κ3) is 6.50. The van der Waals surface area contributed by atoms with Gasteiger partial charge in [0.25, 0.3) is 0 Å². The summed E-state index contributed by atoms with van der Waals surface area (Å²) < 4.78 is 5.03. The molecule has 0 aromatic heterocycles. The van der Waals surface area contributed by atoms with Gasteiger partial charge in [0.05, 0.1) is 25.1 Å². The normalized spacial score (nSPS) is 15.7. The van der Waals surface area contributed by atoms with E-state index in [1.54, 1.807) is 6.07 Å². The lowest BCUT2D eigenvalue weighted by atomic mass is 9.76. The fraction of sp³-hybridized carbons (Fsp3) is 0.200. The van der Waals surface area contributed by atoms with Crippen molar-refractivity contribution in [1.82, 2.24) is 4.90 Å². The van der Waals surface area contributed by atoms with Gasteiger partial charge in [0.1, 0.15) is 0 Å². The summed E-state index contributed by atoms with van der Waals surface area (Å²) >= 11 is 0. The van der Waals surface area contributed by atoms with E-state index in [1.165, 1.54) is 23.8 Å². The largest absolute Gasteiger partial charge is 0.465 e. The maximum absolute atomic E-state index is 14.5. The highest BCUT2D eigenvalue weighted by molar-refractivity contribution is 5.97. The van der Waals surface area contributed by atoms with E-state index in [4.69, 9.17) is 4.74 Å². The SMILES string of the molecule is COC(=O)c1ccccc1-c1cccc(CC(=O)N(Cc2ccccc2)C2c3ccccc3CCC2Cc2ccccc2)c1. The Morgan fingerprint density at radius 3 is 2.16 bits per heavy atom. The molecule has 0 fully saturated rings. The van der Waals surface area contributed by atoms with Gasteiger partial charge in [0.15, 0.2) is 0 Å². The van der Waals surface area contributed by atoms with Gasteiger partial charge >= 0.3 is 5.97 Å². The first-order valence-corrected chi connectivity index (χ1v) is 15.3. The zero-order chi connectivity index (χ0) is 30.3. The van der Waals surface area contributed by atoms with Gasteiger partial charge in [-0.3, -0.25) is 4.79 Å². The third-order valence-corrected chi connectivity index (χ3v) is 8.72. The van der Waals surface area contributed by atoms with E-state index in [-0.39, 0.29) is 24.3 Å².